The van der Waals surface area contributed by atoms with Gasteiger partial charge in [-0.1, -0.05) is 0 Å². The van der Waals surface area contributed by atoms with E-state index in [1.165, 1.54) is 0 Å². The molecule has 2 rings (SSSR count). The molecule has 19 heavy (non-hydrogen) atoms. The fourth-order valence-corrected chi connectivity index (χ4v) is 2.25. The lowest BCUT2D eigenvalue weighted by Crippen LogP contribution is -2.46. The Bertz CT molecular complexity index is 459. The number of anilines is 1. The molecule has 0 spiro atoms. The van der Waals surface area contributed by atoms with Crippen molar-refractivity contribution in [2.24, 2.45) is 0 Å². The SMILES string of the molecule is Cc1cc(C#N)cc(N(C)CCN2CCNCC2)n1. The predicted octanol–water partition coefficient (Wildman–Crippen LogP) is 0.603. The van der Waals surface area contributed by atoms with Crippen molar-refractivity contribution >= 4 is 5.82 Å². The van der Waals surface area contributed by atoms with E-state index >= 15 is 0 Å². The zero-order valence-electron chi connectivity index (χ0n) is 11.7. The lowest BCUT2D eigenvalue weighted by atomic mass is 10.2. The molecule has 5 heteroatoms. The summed E-state index contributed by atoms with van der Waals surface area (Å²) in [4.78, 5) is 9.06. The normalized spacial score (nSPS) is 16.1. The zero-order chi connectivity index (χ0) is 13.7. The van der Waals surface area contributed by atoms with Crippen molar-refractivity contribution in [1.82, 2.24) is 15.2 Å². The molecule has 5 nitrogen and oxygen atoms in total. The fraction of sp³-hybridized carbons (Fsp3) is 0.571. The maximum absolute atomic E-state index is 8.99. The van der Waals surface area contributed by atoms with Gasteiger partial charge in [-0.15, -0.1) is 0 Å². The number of nitrogens with one attached hydrogen (secondary N) is 1. The third-order valence-corrected chi connectivity index (χ3v) is 3.42. The molecule has 0 saturated carbocycles. The Balaban J connectivity index is 1.93. The van der Waals surface area contributed by atoms with Crippen LogP contribution in [0.15, 0.2) is 12.1 Å². The number of nitriles is 1. The van der Waals surface area contributed by atoms with Crippen molar-refractivity contribution in [3.05, 3.63) is 23.4 Å². The second kappa shape index (κ2) is 6.50. The highest BCUT2D eigenvalue weighted by atomic mass is 15.2. The second-order valence-electron chi connectivity index (χ2n) is 4.98. The van der Waals surface area contributed by atoms with Crippen LogP contribution >= 0.6 is 0 Å². The predicted molar refractivity (Wildman–Crippen MR) is 76.3 cm³/mol. The molecule has 1 saturated heterocycles. The summed E-state index contributed by atoms with van der Waals surface area (Å²) in [5.41, 5.74) is 1.57. The van der Waals surface area contributed by atoms with Gasteiger partial charge in [0.2, 0.25) is 0 Å². The molecule has 0 unspecified atom stereocenters. The molecular formula is C14H21N5. The third-order valence-electron chi connectivity index (χ3n) is 3.42. The summed E-state index contributed by atoms with van der Waals surface area (Å²) in [6, 6.07) is 5.85. The smallest absolute Gasteiger partial charge is 0.129 e. The molecule has 0 aliphatic carbocycles. The van der Waals surface area contributed by atoms with Crippen LogP contribution in [0.3, 0.4) is 0 Å². The first kappa shape index (κ1) is 13.8. The van der Waals surface area contributed by atoms with Crippen LogP contribution in [0.4, 0.5) is 5.82 Å². The van der Waals surface area contributed by atoms with Crippen LogP contribution in [0.25, 0.3) is 0 Å². The van der Waals surface area contributed by atoms with Gasteiger partial charge in [0, 0.05) is 52.0 Å². The van der Waals surface area contributed by atoms with Gasteiger partial charge in [-0.05, 0) is 19.1 Å². The molecule has 0 atom stereocenters. The highest BCUT2D eigenvalue weighted by Crippen LogP contribution is 2.13. The minimum atomic E-state index is 0.677. The molecule has 1 aromatic heterocycles. The van der Waals surface area contributed by atoms with E-state index in [0.29, 0.717) is 5.56 Å². The first-order valence-corrected chi connectivity index (χ1v) is 6.72. The number of aryl methyl sites for hydroxylation is 1. The number of nitrogens with zero attached hydrogens (tertiary/aromatic N) is 4. The summed E-state index contributed by atoms with van der Waals surface area (Å²) in [5, 5.41) is 12.3. The van der Waals surface area contributed by atoms with E-state index in [4.69, 9.17) is 5.26 Å². The summed E-state index contributed by atoms with van der Waals surface area (Å²) in [6.07, 6.45) is 0. The van der Waals surface area contributed by atoms with Gasteiger partial charge in [0.25, 0.3) is 0 Å². The minimum absolute atomic E-state index is 0.677. The molecule has 0 amide bonds. The van der Waals surface area contributed by atoms with Crippen LogP contribution in [0, 0.1) is 18.3 Å². The van der Waals surface area contributed by atoms with Crippen LogP contribution in [-0.4, -0.2) is 56.2 Å². The van der Waals surface area contributed by atoms with Crippen LogP contribution in [-0.2, 0) is 0 Å². The summed E-state index contributed by atoms with van der Waals surface area (Å²) in [5.74, 6) is 0.881. The van der Waals surface area contributed by atoms with Gasteiger partial charge in [0.15, 0.2) is 0 Å². The lowest BCUT2D eigenvalue weighted by Gasteiger charge is -2.29. The number of aromatic nitrogens is 1. The number of likely N-dealkylation sites (N-methyl/N-ethyl adjacent to an activating group) is 1. The molecule has 1 fully saturated rings. The van der Waals surface area contributed by atoms with E-state index in [1.54, 1.807) is 0 Å². The van der Waals surface area contributed by atoms with E-state index in [0.717, 1.165) is 50.8 Å². The van der Waals surface area contributed by atoms with Gasteiger partial charge >= 0.3 is 0 Å². The van der Waals surface area contributed by atoms with Crippen molar-refractivity contribution in [2.75, 3.05) is 51.2 Å². The van der Waals surface area contributed by atoms with Crippen molar-refractivity contribution in [3.63, 3.8) is 0 Å². The summed E-state index contributed by atoms with van der Waals surface area (Å²) < 4.78 is 0. The van der Waals surface area contributed by atoms with Crippen molar-refractivity contribution < 1.29 is 0 Å². The first-order chi connectivity index (χ1) is 9.19. The Kier molecular flexibility index (Phi) is 4.72. The first-order valence-electron chi connectivity index (χ1n) is 6.72. The Morgan fingerprint density at radius 1 is 1.42 bits per heavy atom. The summed E-state index contributed by atoms with van der Waals surface area (Å²) in [6.45, 7) is 8.26. The Morgan fingerprint density at radius 3 is 2.84 bits per heavy atom. The number of hydrogen-bond donors (Lipinski definition) is 1. The maximum Gasteiger partial charge on any atom is 0.129 e. The average Bonchev–Trinajstić information content (AvgIpc) is 2.45. The van der Waals surface area contributed by atoms with Gasteiger partial charge in [-0.2, -0.15) is 5.26 Å². The molecule has 0 bridgehead atoms. The number of piperazine rings is 1. The van der Waals surface area contributed by atoms with E-state index < -0.39 is 0 Å². The van der Waals surface area contributed by atoms with E-state index in [1.807, 2.05) is 26.1 Å². The molecule has 0 aromatic carbocycles. The number of pyridine rings is 1. The third kappa shape index (κ3) is 3.91. The van der Waals surface area contributed by atoms with Crippen LogP contribution in [0.1, 0.15) is 11.3 Å². The fourth-order valence-electron chi connectivity index (χ4n) is 2.25. The topological polar surface area (TPSA) is 55.2 Å². The van der Waals surface area contributed by atoms with Crippen LogP contribution in [0.2, 0.25) is 0 Å². The van der Waals surface area contributed by atoms with Crippen molar-refractivity contribution in [3.8, 4) is 6.07 Å². The van der Waals surface area contributed by atoms with Gasteiger partial charge < -0.3 is 10.2 Å². The molecule has 1 aliphatic rings. The second-order valence-corrected chi connectivity index (χ2v) is 4.98. The quantitative estimate of drug-likeness (QED) is 0.858. The number of hydrogen-bond acceptors (Lipinski definition) is 5. The largest absolute Gasteiger partial charge is 0.358 e. The molecule has 1 N–H and O–H groups in total. The molecule has 1 aliphatic heterocycles. The maximum atomic E-state index is 8.99. The zero-order valence-corrected chi connectivity index (χ0v) is 11.7. The molecule has 102 valence electrons. The average molecular weight is 259 g/mol. The van der Waals surface area contributed by atoms with E-state index in [2.05, 4.69) is 26.2 Å². The van der Waals surface area contributed by atoms with Gasteiger partial charge in [-0.3, -0.25) is 4.90 Å². The van der Waals surface area contributed by atoms with Gasteiger partial charge in [0.1, 0.15) is 5.82 Å². The van der Waals surface area contributed by atoms with Gasteiger partial charge in [0.05, 0.1) is 11.6 Å². The Labute approximate surface area is 114 Å². The van der Waals surface area contributed by atoms with Gasteiger partial charge in [-0.25, -0.2) is 4.98 Å². The summed E-state index contributed by atoms with van der Waals surface area (Å²) in [7, 11) is 2.03. The Morgan fingerprint density at radius 2 is 2.16 bits per heavy atom. The molecule has 1 aromatic rings. The highest BCUT2D eigenvalue weighted by Gasteiger charge is 2.11. The van der Waals surface area contributed by atoms with Crippen LogP contribution < -0.4 is 10.2 Å². The Hall–Kier alpha value is -1.64. The molecule has 2 heterocycles. The van der Waals surface area contributed by atoms with Crippen molar-refractivity contribution in [2.45, 2.75) is 6.92 Å². The number of rotatable bonds is 4. The highest BCUT2D eigenvalue weighted by molar-refractivity contribution is 5.46. The van der Waals surface area contributed by atoms with Crippen LogP contribution in [0.5, 0.6) is 0 Å². The van der Waals surface area contributed by atoms with E-state index in [9.17, 15) is 0 Å². The molecular weight excluding hydrogens is 238 g/mol. The van der Waals surface area contributed by atoms with E-state index in [-0.39, 0.29) is 0 Å². The lowest BCUT2D eigenvalue weighted by molar-refractivity contribution is 0.246. The minimum Gasteiger partial charge on any atom is -0.358 e. The van der Waals surface area contributed by atoms with Crippen molar-refractivity contribution in [1.29, 1.82) is 5.26 Å². The standard InChI is InChI=1S/C14H21N5/c1-12-9-13(11-15)10-14(17-12)18(2)7-8-19-5-3-16-4-6-19/h9-10,16H,3-8H2,1-2H3. The summed E-state index contributed by atoms with van der Waals surface area (Å²) >= 11 is 0. The monoisotopic (exact) mass is 259 g/mol. The molecule has 0 radical (unpaired) electrons.